The Morgan fingerprint density at radius 3 is 1.85 bits per heavy atom. The van der Waals surface area contributed by atoms with Gasteiger partial charge in [0, 0.05) is 12.1 Å². The Labute approximate surface area is 119 Å². The van der Waals surface area contributed by atoms with Gasteiger partial charge in [0.25, 0.3) is 0 Å². The largest absolute Gasteiger partial charge is 0.390 e. The van der Waals surface area contributed by atoms with Crippen molar-refractivity contribution >= 4 is 0 Å². The van der Waals surface area contributed by atoms with Gasteiger partial charge in [0.1, 0.15) is 0 Å². The summed E-state index contributed by atoms with van der Waals surface area (Å²) >= 11 is 0. The molecule has 4 rings (SSSR count). The lowest BCUT2D eigenvalue weighted by Crippen LogP contribution is -2.56. The summed E-state index contributed by atoms with van der Waals surface area (Å²) in [6.07, 6.45) is 3.08. The molecule has 0 aromatic heterocycles. The number of hydrogen-bond donors (Lipinski definition) is 1. The Morgan fingerprint density at radius 1 is 1.00 bits per heavy atom. The van der Waals surface area contributed by atoms with E-state index in [1.807, 2.05) is 0 Å². The second kappa shape index (κ2) is 4.89. The van der Waals surface area contributed by atoms with Crippen molar-refractivity contribution in [2.45, 2.75) is 77.1 Å². The van der Waals surface area contributed by atoms with E-state index in [9.17, 15) is 13.2 Å². The second-order valence-electron chi connectivity index (χ2n) is 7.89. The monoisotopic (exact) mass is 289 g/mol. The van der Waals surface area contributed by atoms with Crippen LogP contribution in [0.4, 0.5) is 13.2 Å². The molecule has 20 heavy (non-hydrogen) atoms. The van der Waals surface area contributed by atoms with Crippen molar-refractivity contribution in [2.75, 3.05) is 0 Å². The Morgan fingerprint density at radius 2 is 1.45 bits per heavy atom. The van der Waals surface area contributed by atoms with Crippen molar-refractivity contribution in [3.8, 4) is 0 Å². The van der Waals surface area contributed by atoms with Gasteiger partial charge in [-0.05, 0) is 75.5 Å². The average Bonchev–Trinajstić information content (AvgIpc) is 2.23. The molecule has 2 atom stereocenters. The molecule has 4 saturated carbocycles. The van der Waals surface area contributed by atoms with Gasteiger partial charge in [-0.25, -0.2) is 0 Å². The lowest BCUT2D eigenvalue weighted by Gasteiger charge is -2.59. The molecule has 0 heterocycles. The summed E-state index contributed by atoms with van der Waals surface area (Å²) in [6, 6.07) is -0.258. The molecule has 0 aromatic carbocycles. The van der Waals surface area contributed by atoms with Crippen LogP contribution < -0.4 is 5.32 Å². The zero-order chi connectivity index (χ0) is 14.5. The first kappa shape index (κ1) is 14.7. The normalized spacial score (nSPS) is 42.8. The Balaban J connectivity index is 1.63. The maximum atomic E-state index is 12.5. The molecular weight excluding hydrogens is 263 g/mol. The van der Waals surface area contributed by atoms with E-state index >= 15 is 0 Å². The molecular formula is C16H26F3N. The van der Waals surface area contributed by atoms with E-state index in [2.05, 4.69) is 12.2 Å². The summed E-state index contributed by atoms with van der Waals surface area (Å²) in [7, 11) is 0. The van der Waals surface area contributed by atoms with Crippen molar-refractivity contribution < 1.29 is 13.2 Å². The first-order valence-corrected chi connectivity index (χ1v) is 8.08. The van der Waals surface area contributed by atoms with E-state index in [-0.39, 0.29) is 11.5 Å². The lowest BCUT2D eigenvalue weighted by atomic mass is 9.48. The highest BCUT2D eigenvalue weighted by Gasteiger charge is 2.53. The van der Waals surface area contributed by atoms with Crippen LogP contribution in [0.3, 0.4) is 0 Å². The third-order valence-electron chi connectivity index (χ3n) is 6.08. The molecule has 4 fully saturated rings. The van der Waals surface area contributed by atoms with Crippen LogP contribution in [-0.4, -0.2) is 18.3 Å². The molecule has 0 radical (unpaired) electrons. The predicted molar refractivity (Wildman–Crippen MR) is 73.3 cm³/mol. The van der Waals surface area contributed by atoms with Crippen LogP contribution in [0.2, 0.25) is 0 Å². The van der Waals surface area contributed by atoms with E-state index in [0.29, 0.717) is 0 Å². The molecule has 0 amide bonds. The van der Waals surface area contributed by atoms with Gasteiger partial charge in [-0.1, -0.05) is 0 Å². The first-order chi connectivity index (χ1) is 9.26. The molecule has 0 aromatic rings. The zero-order valence-electron chi connectivity index (χ0n) is 12.5. The number of halogens is 3. The highest BCUT2D eigenvalue weighted by Crippen LogP contribution is 2.61. The van der Waals surface area contributed by atoms with Crippen molar-refractivity contribution in [1.82, 2.24) is 5.32 Å². The van der Waals surface area contributed by atoms with Crippen LogP contribution >= 0.6 is 0 Å². The fourth-order valence-corrected chi connectivity index (χ4v) is 5.72. The summed E-state index contributed by atoms with van der Waals surface area (Å²) in [5.74, 6) is 2.55. The van der Waals surface area contributed by atoms with Crippen molar-refractivity contribution in [1.29, 1.82) is 0 Å². The number of alkyl halides is 3. The summed E-state index contributed by atoms with van der Waals surface area (Å²) in [6.45, 7) is 3.80. The zero-order valence-corrected chi connectivity index (χ0v) is 12.5. The van der Waals surface area contributed by atoms with Crippen LogP contribution in [0.15, 0.2) is 0 Å². The Bertz CT molecular complexity index is 328. The lowest BCUT2D eigenvalue weighted by molar-refractivity contribution is -0.141. The van der Waals surface area contributed by atoms with Gasteiger partial charge in [0.2, 0.25) is 0 Å². The summed E-state index contributed by atoms with van der Waals surface area (Å²) in [5, 5.41) is 3.27. The number of nitrogens with one attached hydrogen (secondary N) is 1. The highest BCUT2D eigenvalue weighted by atomic mass is 19.4. The van der Waals surface area contributed by atoms with Gasteiger partial charge < -0.3 is 5.32 Å². The quantitative estimate of drug-likeness (QED) is 0.802. The fourth-order valence-electron chi connectivity index (χ4n) is 5.72. The van der Waals surface area contributed by atoms with Crippen LogP contribution in [0.25, 0.3) is 0 Å². The maximum absolute atomic E-state index is 12.5. The van der Waals surface area contributed by atoms with Crippen LogP contribution in [-0.2, 0) is 0 Å². The fraction of sp³-hybridized carbons (Fsp3) is 1.00. The second-order valence-corrected chi connectivity index (χ2v) is 7.89. The predicted octanol–water partition coefficient (Wildman–Crippen LogP) is 4.52. The third-order valence-corrected chi connectivity index (χ3v) is 6.08. The smallest absolute Gasteiger partial charge is 0.311 e. The number of rotatable bonds is 4. The van der Waals surface area contributed by atoms with Crippen LogP contribution in [0, 0.1) is 23.2 Å². The summed E-state index contributed by atoms with van der Waals surface area (Å²) in [5.41, 5.74) is 0.286. The highest BCUT2D eigenvalue weighted by molar-refractivity contribution is 5.05. The van der Waals surface area contributed by atoms with Gasteiger partial charge in [-0.3, -0.25) is 0 Å². The minimum atomic E-state index is -4.06. The minimum absolute atomic E-state index is 0.216. The van der Waals surface area contributed by atoms with E-state index in [1.165, 1.54) is 38.5 Å². The molecule has 0 aliphatic heterocycles. The summed E-state index contributed by atoms with van der Waals surface area (Å²) < 4.78 is 37.4. The van der Waals surface area contributed by atoms with Gasteiger partial charge >= 0.3 is 6.18 Å². The minimum Gasteiger partial charge on any atom is -0.311 e. The Kier molecular flexibility index (Phi) is 3.59. The van der Waals surface area contributed by atoms with Crippen LogP contribution in [0.5, 0.6) is 0 Å². The SMILES string of the molecule is CC(CC(F)(F)F)NC(C)C12CC3CC(CC(C3)C1)C2. The van der Waals surface area contributed by atoms with Crippen molar-refractivity contribution in [3.63, 3.8) is 0 Å². The molecule has 1 nitrogen and oxygen atoms in total. The van der Waals surface area contributed by atoms with Crippen LogP contribution in [0.1, 0.15) is 58.8 Å². The van der Waals surface area contributed by atoms with E-state index < -0.39 is 18.6 Å². The molecule has 4 heteroatoms. The van der Waals surface area contributed by atoms with Gasteiger partial charge in [-0.2, -0.15) is 13.2 Å². The number of hydrogen-bond acceptors (Lipinski definition) is 1. The van der Waals surface area contributed by atoms with E-state index in [0.717, 1.165) is 17.8 Å². The molecule has 116 valence electrons. The topological polar surface area (TPSA) is 12.0 Å². The van der Waals surface area contributed by atoms with Crippen molar-refractivity contribution in [2.24, 2.45) is 23.2 Å². The van der Waals surface area contributed by atoms with Gasteiger partial charge in [0.05, 0.1) is 6.42 Å². The third kappa shape index (κ3) is 2.86. The van der Waals surface area contributed by atoms with Gasteiger partial charge in [0.15, 0.2) is 0 Å². The average molecular weight is 289 g/mol. The molecule has 2 unspecified atom stereocenters. The van der Waals surface area contributed by atoms with Crippen molar-refractivity contribution in [3.05, 3.63) is 0 Å². The first-order valence-electron chi connectivity index (χ1n) is 8.08. The Hall–Kier alpha value is -0.250. The molecule has 1 N–H and O–H groups in total. The maximum Gasteiger partial charge on any atom is 0.390 e. The van der Waals surface area contributed by atoms with E-state index in [4.69, 9.17) is 0 Å². The molecule has 4 aliphatic carbocycles. The van der Waals surface area contributed by atoms with Gasteiger partial charge in [-0.15, -0.1) is 0 Å². The summed E-state index contributed by atoms with van der Waals surface area (Å²) in [4.78, 5) is 0. The standard InChI is InChI=1S/C16H26F3N/c1-10(6-16(17,18)19)20-11(2)15-7-12-3-13(8-15)5-14(4-12)9-15/h10-14,20H,3-9H2,1-2H3. The molecule has 4 aliphatic rings. The van der Waals surface area contributed by atoms with E-state index in [1.54, 1.807) is 6.92 Å². The molecule has 4 bridgehead atoms. The molecule has 0 spiro atoms. The molecule has 0 saturated heterocycles.